The Hall–Kier alpha value is -1.40. The van der Waals surface area contributed by atoms with Crippen LogP contribution in [0.5, 0.6) is 0 Å². The molecule has 0 aliphatic carbocycles. The molecule has 0 aromatic rings. The number of esters is 1. The zero-order valence-corrected chi connectivity index (χ0v) is 16.5. The van der Waals surface area contributed by atoms with Crippen molar-refractivity contribution >= 4 is 11.9 Å². The summed E-state index contributed by atoms with van der Waals surface area (Å²) in [5.41, 5.74) is 0.346. The fourth-order valence-corrected chi connectivity index (χ4v) is 4.60. The number of ether oxygens (including phenoxy) is 1. The van der Waals surface area contributed by atoms with Crippen LogP contribution in [0.1, 0.15) is 52.9 Å². The van der Waals surface area contributed by atoms with E-state index in [-0.39, 0.29) is 11.9 Å². The Morgan fingerprint density at radius 2 is 2.00 bits per heavy atom. The molecule has 146 valence electrons. The number of likely N-dealkylation sites (tertiary alicyclic amines) is 2. The summed E-state index contributed by atoms with van der Waals surface area (Å²) in [6.07, 6.45) is 5.18. The number of nitrogens with one attached hydrogen (secondary N) is 1. The lowest BCUT2D eigenvalue weighted by atomic mass is 9.82. The van der Waals surface area contributed by atoms with E-state index in [0.717, 1.165) is 32.7 Å². The summed E-state index contributed by atoms with van der Waals surface area (Å²) in [6.45, 7) is 11.4. The molecule has 0 aromatic heterocycles. The Balaban J connectivity index is 1.61. The number of hydrogen-bond donors (Lipinski definition) is 1. The first-order chi connectivity index (χ1) is 12.5. The van der Waals surface area contributed by atoms with Crippen LogP contribution in [0.3, 0.4) is 0 Å². The second kappa shape index (κ2) is 8.09. The average molecular weight is 364 g/mol. The molecule has 6 nitrogen and oxygen atoms in total. The summed E-state index contributed by atoms with van der Waals surface area (Å²) in [6, 6.07) is 0.586. The zero-order chi connectivity index (χ0) is 18.7. The van der Waals surface area contributed by atoms with Gasteiger partial charge >= 0.3 is 5.97 Å². The van der Waals surface area contributed by atoms with Crippen molar-refractivity contribution in [3.63, 3.8) is 0 Å². The average Bonchev–Trinajstić information content (AvgIpc) is 2.87. The van der Waals surface area contributed by atoms with Crippen LogP contribution >= 0.6 is 0 Å². The Morgan fingerprint density at radius 3 is 2.65 bits per heavy atom. The lowest BCUT2D eigenvalue weighted by molar-refractivity contribution is -0.150. The van der Waals surface area contributed by atoms with E-state index in [1.54, 1.807) is 6.92 Å². The zero-order valence-electron chi connectivity index (χ0n) is 16.5. The molecule has 26 heavy (non-hydrogen) atoms. The van der Waals surface area contributed by atoms with Gasteiger partial charge < -0.3 is 15.0 Å². The predicted molar refractivity (Wildman–Crippen MR) is 101 cm³/mol. The lowest BCUT2D eigenvalue weighted by Crippen LogP contribution is -2.49. The Bertz CT molecular complexity index is 579. The molecule has 1 atom stereocenters. The van der Waals surface area contributed by atoms with Crippen molar-refractivity contribution in [1.82, 2.24) is 15.1 Å². The highest BCUT2D eigenvalue weighted by Crippen LogP contribution is 2.40. The van der Waals surface area contributed by atoms with Gasteiger partial charge in [0.25, 0.3) is 5.91 Å². The predicted octanol–water partition coefficient (Wildman–Crippen LogP) is 1.70. The molecule has 2 saturated heterocycles. The van der Waals surface area contributed by atoms with Crippen LogP contribution in [0.25, 0.3) is 0 Å². The maximum atomic E-state index is 12.9. The smallest absolute Gasteiger partial charge is 0.335 e. The van der Waals surface area contributed by atoms with Crippen molar-refractivity contribution in [3.8, 4) is 0 Å². The molecule has 2 fully saturated rings. The van der Waals surface area contributed by atoms with Gasteiger partial charge in [-0.25, -0.2) is 4.79 Å². The van der Waals surface area contributed by atoms with Crippen molar-refractivity contribution in [2.75, 3.05) is 39.3 Å². The lowest BCUT2D eigenvalue weighted by Gasteiger charge is -2.39. The van der Waals surface area contributed by atoms with E-state index in [9.17, 15) is 9.59 Å². The Labute approximate surface area is 156 Å². The third-order valence-electron chi connectivity index (χ3n) is 6.39. The normalized spacial score (nSPS) is 27.0. The molecule has 6 heteroatoms. The molecule has 0 aromatic carbocycles. The number of carbonyl (C=O) groups is 2. The van der Waals surface area contributed by atoms with Gasteiger partial charge in [0.15, 0.2) is 0 Å². The summed E-state index contributed by atoms with van der Waals surface area (Å²) in [5, 5.41) is 3.06. The van der Waals surface area contributed by atoms with Gasteiger partial charge in [0.2, 0.25) is 0 Å². The van der Waals surface area contributed by atoms with E-state index in [2.05, 4.69) is 29.0 Å². The summed E-state index contributed by atoms with van der Waals surface area (Å²) in [5.74, 6) is -0.451. The SMILES string of the molecule is CCN1CCC2(CC1)OC(=O)C(C)=C2C(=O)NCCN1CCCC[C@@H]1C. The first-order valence-electron chi connectivity index (χ1n) is 10.2. The molecule has 1 N–H and O–H groups in total. The monoisotopic (exact) mass is 363 g/mol. The first kappa shape index (κ1) is 19.4. The van der Waals surface area contributed by atoms with Crippen molar-refractivity contribution in [2.45, 2.75) is 64.5 Å². The minimum absolute atomic E-state index is 0.122. The maximum absolute atomic E-state index is 12.9. The minimum Gasteiger partial charge on any atom is -0.450 e. The van der Waals surface area contributed by atoms with Gasteiger partial charge in [0, 0.05) is 50.6 Å². The van der Waals surface area contributed by atoms with Crippen LogP contribution in [0.4, 0.5) is 0 Å². The van der Waals surface area contributed by atoms with E-state index in [0.29, 0.717) is 36.6 Å². The molecule has 3 rings (SSSR count). The van der Waals surface area contributed by atoms with Crippen molar-refractivity contribution in [2.24, 2.45) is 0 Å². The maximum Gasteiger partial charge on any atom is 0.335 e. The first-order valence-corrected chi connectivity index (χ1v) is 10.2. The molecule has 0 bridgehead atoms. The second-order valence-electron chi connectivity index (χ2n) is 7.95. The molecule has 3 aliphatic heterocycles. The number of nitrogens with zero attached hydrogens (tertiary/aromatic N) is 2. The highest BCUT2D eigenvalue weighted by Gasteiger charge is 2.50. The summed E-state index contributed by atoms with van der Waals surface area (Å²) in [7, 11) is 0. The van der Waals surface area contributed by atoms with E-state index >= 15 is 0 Å². The highest BCUT2D eigenvalue weighted by atomic mass is 16.6. The number of hydrogen-bond acceptors (Lipinski definition) is 5. The standard InChI is InChI=1S/C20H33N3O3/c1-4-22-12-8-20(9-13-22)17(16(3)19(25)26-20)18(24)21-10-14-23-11-6-5-7-15(23)2/h15H,4-14H2,1-3H3,(H,21,24)/t15-/m0/s1. The number of piperidine rings is 2. The Morgan fingerprint density at radius 1 is 1.27 bits per heavy atom. The van der Waals surface area contributed by atoms with Gasteiger partial charge in [-0.05, 0) is 39.8 Å². The van der Waals surface area contributed by atoms with Crippen LogP contribution in [0, 0.1) is 0 Å². The van der Waals surface area contributed by atoms with Crippen molar-refractivity contribution in [3.05, 3.63) is 11.1 Å². The van der Waals surface area contributed by atoms with Gasteiger partial charge in [-0.2, -0.15) is 0 Å². The minimum atomic E-state index is -0.713. The largest absolute Gasteiger partial charge is 0.450 e. The topological polar surface area (TPSA) is 61.9 Å². The summed E-state index contributed by atoms with van der Waals surface area (Å²) >= 11 is 0. The van der Waals surface area contributed by atoms with Crippen LogP contribution in [0.15, 0.2) is 11.1 Å². The molecular formula is C20H33N3O3. The van der Waals surface area contributed by atoms with E-state index in [4.69, 9.17) is 4.74 Å². The van der Waals surface area contributed by atoms with Gasteiger partial charge in [0.1, 0.15) is 5.60 Å². The molecule has 1 amide bonds. The van der Waals surface area contributed by atoms with Gasteiger partial charge in [-0.3, -0.25) is 9.69 Å². The highest BCUT2D eigenvalue weighted by molar-refractivity contribution is 6.07. The van der Waals surface area contributed by atoms with Crippen LogP contribution < -0.4 is 5.32 Å². The van der Waals surface area contributed by atoms with Gasteiger partial charge in [-0.15, -0.1) is 0 Å². The number of amides is 1. The van der Waals surface area contributed by atoms with Crippen LogP contribution in [-0.4, -0.2) is 72.6 Å². The van der Waals surface area contributed by atoms with Gasteiger partial charge in [-0.1, -0.05) is 13.3 Å². The van der Waals surface area contributed by atoms with Crippen LogP contribution in [-0.2, 0) is 14.3 Å². The quantitative estimate of drug-likeness (QED) is 0.754. The molecule has 0 unspecified atom stereocenters. The van der Waals surface area contributed by atoms with E-state index < -0.39 is 5.60 Å². The van der Waals surface area contributed by atoms with Crippen molar-refractivity contribution < 1.29 is 14.3 Å². The van der Waals surface area contributed by atoms with E-state index in [1.165, 1.54) is 19.3 Å². The number of rotatable bonds is 5. The number of carbonyl (C=O) groups excluding carboxylic acids is 2. The molecule has 3 heterocycles. The molecule has 0 radical (unpaired) electrons. The van der Waals surface area contributed by atoms with Gasteiger partial charge in [0.05, 0.1) is 5.57 Å². The molecule has 3 aliphatic rings. The molecule has 0 saturated carbocycles. The molecule has 1 spiro atoms. The third kappa shape index (κ3) is 3.81. The second-order valence-corrected chi connectivity index (χ2v) is 7.95. The van der Waals surface area contributed by atoms with E-state index in [1.807, 2.05) is 0 Å². The summed E-state index contributed by atoms with van der Waals surface area (Å²) in [4.78, 5) is 29.9. The Kier molecular flexibility index (Phi) is 6.03. The summed E-state index contributed by atoms with van der Waals surface area (Å²) < 4.78 is 5.73. The third-order valence-corrected chi connectivity index (χ3v) is 6.39. The molecular weight excluding hydrogens is 330 g/mol. The van der Waals surface area contributed by atoms with Crippen LogP contribution in [0.2, 0.25) is 0 Å². The van der Waals surface area contributed by atoms with Crippen molar-refractivity contribution in [1.29, 1.82) is 0 Å². The fourth-order valence-electron chi connectivity index (χ4n) is 4.60. The fraction of sp³-hybridized carbons (Fsp3) is 0.800.